The Bertz CT molecular complexity index is 593. The fourth-order valence-electron chi connectivity index (χ4n) is 1.84. The number of amides is 1. The lowest BCUT2D eigenvalue weighted by atomic mass is 10.1. The number of para-hydroxylation sites is 1. The van der Waals surface area contributed by atoms with Gasteiger partial charge in [0.1, 0.15) is 5.82 Å². The molecule has 98 valence electrons. The van der Waals surface area contributed by atoms with Crippen molar-refractivity contribution in [1.29, 1.82) is 0 Å². The zero-order valence-corrected chi connectivity index (χ0v) is 11.3. The summed E-state index contributed by atoms with van der Waals surface area (Å²) in [4.78, 5) is 18.3. The first-order valence-electron chi connectivity index (χ1n) is 6.08. The van der Waals surface area contributed by atoms with E-state index in [0.29, 0.717) is 11.4 Å². The zero-order chi connectivity index (χ0) is 13.8. The summed E-state index contributed by atoms with van der Waals surface area (Å²) >= 11 is 0. The average Bonchev–Trinajstić information content (AvgIpc) is 2.38. The molecule has 4 heteroatoms. The maximum Gasteiger partial charge on any atom is 0.258 e. The van der Waals surface area contributed by atoms with Gasteiger partial charge in [0.05, 0.1) is 5.56 Å². The molecule has 2 rings (SSSR count). The predicted molar refractivity (Wildman–Crippen MR) is 77.7 cm³/mol. The van der Waals surface area contributed by atoms with Gasteiger partial charge in [0.2, 0.25) is 0 Å². The van der Waals surface area contributed by atoms with Crippen molar-refractivity contribution in [3.05, 3.63) is 53.7 Å². The zero-order valence-electron chi connectivity index (χ0n) is 11.3. The molecule has 0 aliphatic carbocycles. The van der Waals surface area contributed by atoms with Crippen LogP contribution < -0.4 is 10.2 Å². The number of carbonyl (C=O) groups is 1. The van der Waals surface area contributed by atoms with Crippen molar-refractivity contribution < 1.29 is 4.79 Å². The molecule has 4 nitrogen and oxygen atoms in total. The summed E-state index contributed by atoms with van der Waals surface area (Å²) in [6.07, 6.45) is 1.68. The molecule has 0 saturated heterocycles. The molecular weight excluding hydrogens is 238 g/mol. The predicted octanol–water partition coefficient (Wildman–Crippen LogP) is 2.71. The molecular formula is C15H17N3O. The second-order valence-electron chi connectivity index (χ2n) is 4.58. The van der Waals surface area contributed by atoms with E-state index in [1.807, 2.05) is 56.3 Å². The SMILES string of the molecule is Cc1ccnc(NC(=O)c2ccccc2N(C)C)c1. The minimum atomic E-state index is -0.151. The molecule has 0 atom stereocenters. The first kappa shape index (κ1) is 13.1. The van der Waals surface area contributed by atoms with Crippen LogP contribution in [0.15, 0.2) is 42.6 Å². The number of pyridine rings is 1. The van der Waals surface area contributed by atoms with E-state index in [2.05, 4.69) is 10.3 Å². The number of hydrogen-bond donors (Lipinski definition) is 1. The summed E-state index contributed by atoms with van der Waals surface area (Å²) in [5, 5.41) is 2.82. The first-order valence-corrected chi connectivity index (χ1v) is 6.08. The van der Waals surface area contributed by atoms with E-state index in [9.17, 15) is 4.79 Å². The standard InChI is InChI=1S/C15H17N3O/c1-11-8-9-16-14(10-11)17-15(19)12-6-4-5-7-13(12)18(2)3/h4-10H,1-3H3,(H,16,17,19). The van der Waals surface area contributed by atoms with Crippen LogP contribution in [0.3, 0.4) is 0 Å². The van der Waals surface area contributed by atoms with Crippen LogP contribution in [0.1, 0.15) is 15.9 Å². The van der Waals surface area contributed by atoms with Crippen LogP contribution in [-0.4, -0.2) is 25.0 Å². The molecule has 1 N–H and O–H groups in total. The van der Waals surface area contributed by atoms with E-state index < -0.39 is 0 Å². The Balaban J connectivity index is 2.25. The molecule has 0 aliphatic rings. The normalized spacial score (nSPS) is 10.1. The van der Waals surface area contributed by atoms with Crippen LogP contribution in [-0.2, 0) is 0 Å². The number of carbonyl (C=O) groups excluding carboxylic acids is 1. The second-order valence-corrected chi connectivity index (χ2v) is 4.58. The highest BCUT2D eigenvalue weighted by molar-refractivity contribution is 6.07. The van der Waals surface area contributed by atoms with Gasteiger partial charge in [-0.3, -0.25) is 4.79 Å². The molecule has 1 amide bonds. The first-order chi connectivity index (χ1) is 9.08. The molecule has 0 saturated carbocycles. The third kappa shape index (κ3) is 3.10. The van der Waals surface area contributed by atoms with Crippen molar-refractivity contribution in [3.8, 4) is 0 Å². The maximum atomic E-state index is 12.3. The second kappa shape index (κ2) is 5.52. The Morgan fingerprint density at radius 2 is 1.95 bits per heavy atom. The quantitative estimate of drug-likeness (QED) is 0.917. The van der Waals surface area contributed by atoms with Crippen molar-refractivity contribution in [2.45, 2.75) is 6.92 Å². The lowest BCUT2D eigenvalue weighted by Gasteiger charge is -2.16. The van der Waals surface area contributed by atoms with Crippen LogP contribution in [0.5, 0.6) is 0 Å². The van der Waals surface area contributed by atoms with Gasteiger partial charge in [-0.25, -0.2) is 4.98 Å². The fourth-order valence-corrected chi connectivity index (χ4v) is 1.84. The van der Waals surface area contributed by atoms with Gasteiger partial charge in [-0.2, -0.15) is 0 Å². The Morgan fingerprint density at radius 1 is 1.21 bits per heavy atom. The lowest BCUT2D eigenvalue weighted by Crippen LogP contribution is -2.18. The van der Waals surface area contributed by atoms with E-state index in [-0.39, 0.29) is 5.91 Å². The molecule has 0 radical (unpaired) electrons. The number of nitrogens with one attached hydrogen (secondary N) is 1. The highest BCUT2D eigenvalue weighted by atomic mass is 16.1. The van der Waals surface area contributed by atoms with E-state index in [4.69, 9.17) is 0 Å². The monoisotopic (exact) mass is 255 g/mol. The summed E-state index contributed by atoms with van der Waals surface area (Å²) < 4.78 is 0. The number of aryl methyl sites for hydroxylation is 1. The number of benzene rings is 1. The van der Waals surface area contributed by atoms with Gasteiger partial charge in [0, 0.05) is 26.0 Å². The number of aromatic nitrogens is 1. The Labute approximate surface area is 113 Å². The third-order valence-electron chi connectivity index (χ3n) is 2.79. The molecule has 1 heterocycles. The number of hydrogen-bond acceptors (Lipinski definition) is 3. The van der Waals surface area contributed by atoms with E-state index in [1.54, 1.807) is 12.3 Å². The largest absolute Gasteiger partial charge is 0.377 e. The molecule has 1 aromatic carbocycles. The molecule has 0 unspecified atom stereocenters. The van der Waals surface area contributed by atoms with Crippen LogP contribution in [0.2, 0.25) is 0 Å². The molecule has 19 heavy (non-hydrogen) atoms. The van der Waals surface area contributed by atoms with Crippen molar-refractivity contribution in [1.82, 2.24) is 4.98 Å². The third-order valence-corrected chi connectivity index (χ3v) is 2.79. The Hall–Kier alpha value is -2.36. The van der Waals surface area contributed by atoms with Gasteiger partial charge in [-0.05, 0) is 36.8 Å². The summed E-state index contributed by atoms with van der Waals surface area (Å²) in [6, 6.07) is 11.2. The number of rotatable bonds is 3. The Kier molecular flexibility index (Phi) is 3.80. The van der Waals surface area contributed by atoms with Crippen LogP contribution in [0.25, 0.3) is 0 Å². The van der Waals surface area contributed by atoms with Gasteiger partial charge in [-0.15, -0.1) is 0 Å². The van der Waals surface area contributed by atoms with E-state index in [1.165, 1.54) is 0 Å². The Morgan fingerprint density at radius 3 is 2.63 bits per heavy atom. The maximum absolute atomic E-state index is 12.3. The molecule has 0 fully saturated rings. The minimum Gasteiger partial charge on any atom is -0.377 e. The van der Waals surface area contributed by atoms with Crippen molar-refractivity contribution in [2.75, 3.05) is 24.3 Å². The van der Waals surface area contributed by atoms with Crippen LogP contribution >= 0.6 is 0 Å². The molecule has 1 aromatic heterocycles. The summed E-state index contributed by atoms with van der Waals surface area (Å²) in [5.74, 6) is 0.418. The molecule has 0 aliphatic heterocycles. The van der Waals surface area contributed by atoms with Gasteiger partial charge >= 0.3 is 0 Å². The fraction of sp³-hybridized carbons (Fsp3) is 0.200. The van der Waals surface area contributed by atoms with Gasteiger partial charge in [-0.1, -0.05) is 12.1 Å². The average molecular weight is 255 g/mol. The number of nitrogens with zero attached hydrogens (tertiary/aromatic N) is 2. The van der Waals surface area contributed by atoms with Crippen molar-refractivity contribution >= 4 is 17.4 Å². The summed E-state index contributed by atoms with van der Waals surface area (Å²) in [7, 11) is 3.83. The lowest BCUT2D eigenvalue weighted by molar-refractivity contribution is 0.102. The molecule has 0 spiro atoms. The summed E-state index contributed by atoms with van der Waals surface area (Å²) in [6.45, 7) is 1.96. The molecule has 0 bridgehead atoms. The number of anilines is 2. The van der Waals surface area contributed by atoms with Gasteiger partial charge < -0.3 is 10.2 Å². The van der Waals surface area contributed by atoms with E-state index >= 15 is 0 Å². The van der Waals surface area contributed by atoms with Crippen molar-refractivity contribution in [3.63, 3.8) is 0 Å². The highest BCUT2D eigenvalue weighted by Crippen LogP contribution is 2.19. The van der Waals surface area contributed by atoms with E-state index in [0.717, 1.165) is 11.3 Å². The topological polar surface area (TPSA) is 45.2 Å². The van der Waals surface area contributed by atoms with Crippen LogP contribution in [0.4, 0.5) is 11.5 Å². The van der Waals surface area contributed by atoms with Gasteiger partial charge in [0.15, 0.2) is 0 Å². The highest BCUT2D eigenvalue weighted by Gasteiger charge is 2.12. The molecule has 2 aromatic rings. The smallest absolute Gasteiger partial charge is 0.258 e. The van der Waals surface area contributed by atoms with Gasteiger partial charge in [0.25, 0.3) is 5.91 Å². The summed E-state index contributed by atoms with van der Waals surface area (Å²) in [5.41, 5.74) is 2.58. The minimum absolute atomic E-state index is 0.151. The van der Waals surface area contributed by atoms with Crippen LogP contribution in [0, 0.1) is 6.92 Å². The van der Waals surface area contributed by atoms with Crippen molar-refractivity contribution in [2.24, 2.45) is 0 Å².